The highest BCUT2D eigenvalue weighted by Crippen LogP contribution is 2.51. The van der Waals surface area contributed by atoms with Gasteiger partial charge >= 0.3 is 7.82 Å². The molecule has 3 rings (SSSR count). The van der Waals surface area contributed by atoms with Crippen molar-refractivity contribution in [1.29, 1.82) is 0 Å². The van der Waals surface area contributed by atoms with Crippen LogP contribution in [-0.4, -0.2) is 0 Å². The van der Waals surface area contributed by atoms with E-state index >= 15 is 0 Å². The predicted octanol–water partition coefficient (Wildman–Crippen LogP) is 7.56. The number of rotatable bonds is 9. The predicted molar refractivity (Wildman–Crippen MR) is 139 cm³/mol. The first kappa shape index (κ1) is 23.6. The summed E-state index contributed by atoms with van der Waals surface area (Å²) in [6, 6.07) is 23.5. The van der Waals surface area contributed by atoms with Crippen LogP contribution >= 0.6 is 75.6 Å². The third-order valence-corrected chi connectivity index (χ3v) is 7.18. The van der Waals surface area contributed by atoms with Gasteiger partial charge in [-0.3, -0.25) is 13.6 Å². The fraction of sp³-hybridized carbons (Fsp3) is 0.143. The number of benzene rings is 3. The Morgan fingerprint density at radius 3 is 1.17 bits per heavy atom. The Morgan fingerprint density at radius 2 is 0.897 bits per heavy atom. The standard InChI is InChI=1S/C21H18I3O4P/c22-19-7-1-4-16(10-19)13-26-29(25,27-14-17-5-2-8-20(23)11-17)28-15-18-6-3-9-21(24)12-18/h1-12H,13-15H2. The van der Waals surface area contributed by atoms with Crippen LogP contribution in [0.2, 0.25) is 0 Å². The van der Waals surface area contributed by atoms with Crippen LogP contribution in [0.1, 0.15) is 16.7 Å². The van der Waals surface area contributed by atoms with E-state index in [0.717, 1.165) is 27.4 Å². The molecule has 3 aromatic rings. The lowest BCUT2D eigenvalue weighted by atomic mass is 10.2. The second kappa shape index (κ2) is 11.5. The van der Waals surface area contributed by atoms with E-state index in [1.165, 1.54) is 0 Å². The summed E-state index contributed by atoms with van der Waals surface area (Å²) in [6.07, 6.45) is 0. The van der Waals surface area contributed by atoms with Crippen molar-refractivity contribution < 1.29 is 18.1 Å². The summed E-state index contributed by atoms with van der Waals surface area (Å²) in [5, 5.41) is 0. The molecule has 3 aromatic carbocycles. The molecule has 0 radical (unpaired) electrons. The minimum atomic E-state index is -3.77. The van der Waals surface area contributed by atoms with Crippen LogP contribution in [0, 0.1) is 10.7 Å². The first-order chi connectivity index (χ1) is 13.9. The van der Waals surface area contributed by atoms with Crippen molar-refractivity contribution in [3.05, 3.63) is 100 Å². The summed E-state index contributed by atoms with van der Waals surface area (Å²) < 4.78 is 33.6. The molecule has 0 heterocycles. The fourth-order valence-electron chi connectivity index (χ4n) is 2.45. The molecule has 152 valence electrons. The van der Waals surface area contributed by atoms with E-state index in [1.807, 2.05) is 72.8 Å². The monoisotopic (exact) mass is 746 g/mol. The van der Waals surface area contributed by atoms with Gasteiger partial charge in [0.15, 0.2) is 0 Å². The zero-order valence-electron chi connectivity index (χ0n) is 15.3. The number of hydrogen-bond acceptors (Lipinski definition) is 4. The highest BCUT2D eigenvalue weighted by atomic mass is 127. The molecule has 0 N–H and O–H groups in total. The molecule has 0 unspecified atom stereocenters. The van der Waals surface area contributed by atoms with Crippen LogP contribution in [0.15, 0.2) is 72.8 Å². The molecular formula is C21H18I3O4P. The summed E-state index contributed by atoms with van der Waals surface area (Å²) in [4.78, 5) is 0. The largest absolute Gasteiger partial charge is 0.475 e. The Balaban J connectivity index is 1.70. The van der Waals surface area contributed by atoms with Crippen molar-refractivity contribution in [2.45, 2.75) is 19.8 Å². The molecule has 29 heavy (non-hydrogen) atoms. The maximum absolute atomic E-state index is 13.3. The van der Waals surface area contributed by atoms with Crippen LogP contribution < -0.4 is 0 Å². The smallest absolute Gasteiger partial charge is 0.282 e. The quantitative estimate of drug-likeness (QED) is 0.168. The van der Waals surface area contributed by atoms with E-state index in [1.54, 1.807) is 0 Å². The van der Waals surface area contributed by atoms with E-state index in [9.17, 15) is 4.57 Å². The molecule has 0 fully saturated rings. The van der Waals surface area contributed by atoms with Crippen molar-refractivity contribution >= 4 is 75.6 Å². The topological polar surface area (TPSA) is 44.8 Å². The second-order valence-electron chi connectivity index (χ2n) is 6.16. The van der Waals surface area contributed by atoms with E-state index in [0.29, 0.717) is 0 Å². The Labute approximate surface area is 211 Å². The van der Waals surface area contributed by atoms with Gasteiger partial charge in [0.05, 0.1) is 19.8 Å². The van der Waals surface area contributed by atoms with Crippen LogP contribution in [0.25, 0.3) is 0 Å². The molecular weight excluding hydrogens is 728 g/mol. The molecule has 0 atom stereocenters. The SMILES string of the molecule is O=P(OCc1cccc(I)c1)(OCc1cccc(I)c1)OCc1cccc(I)c1. The molecule has 8 heteroatoms. The summed E-state index contributed by atoms with van der Waals surface area (Å²) in [7, 11) is -3.77. The molecule has 0 amide bonds. The molecule has 0 aliphatic rings. The normalized spacial score (nSPS) is 11.6. The number of phosphoric ester groups is 1. The van der Waals surface area contributed by atoms with Crippen molar-refractivity contribution in [2.24, 2.45) is 0 Å². The Morgan fingerprint density at radius 1 is 0.586 bits per heavy atom. The number of hydrogen-bond donors (Lipinski definition) is 0. The molecule has 0 aliphatic heterocycles. The molecule has 0 saturated carbocycles. The van der Waals surface area contributed by atoms with E-state index in [-0.39, 0.29) is 19.8 Å². The van der Waals surface area contributed by atoms with Crippen LogP contribution in [0.4, 0.5) is 0 Å². The van der Waals surface area contributed by atoms with Gasteiger partial charge in [-0.2, -0.15) is 0 Å². The van der Waals surface area contributed by atoms with Crippen molar-refractivity contribution in [1.82, 2.24) is 0 Å². The van der Waals surface area contributed by atoms with Gasteiger partial charge in [0, 0.05) is 10.7 Å². The van der Waals surface area contributed by atoms with Crippen molar-refractivity contribution in [2.75, 3.05) is 0 Å². The molecule has 0 saturated heterocycles. The van der Waals surface area contributed by atoms with E-state index < -0.39 is 7.82 Å². The summed E-state index contributed by atoms with van der Waals surface area (Å²) in [5.74, 6) is 0. The van der Waals surface area contributed by atoms with Gasteiger partial charge in [-0.15, -0.1) is 0 Å². The second-order valence-corrected chi connectivity index (χ2v) is 11.6. The number of halogens is 3. The Kier molecular flexibility index (Phi) is 9.40. The molecule has 0 aromatic heterocycles. The highest BCUT2D eigenvalue weighted by molar-refractivity contribution is 14.1. The maximum Gasteiger partial charge on any atom is 0.475 e. The molecule has 0 spiro atoms. The van der Waals surface area contributed by atoms with E-state index in [2.05, 4.69) is 67.8 Å². The maximum atomic E-state index is 13.3. The lowest BCUT2D eigenvalue weighted by molar-refractivity contribution is 0.0978. The Hall–Kier alpha value is -0.0400. The summed E-state index contributed by atoms with van der Waals surface area (Å²) >= 11 is 6.70. The average Bonchev–Trinajstić information content (AvgIpc) is 2.70. The van der Waals surface area contributed by atoms with Crippen LogP contribution in [0.5, 0.6) is 0 Å². The molecule has 0 aliphatic carbocycles. The molecule has 4 nitrogen and oxygen atoms in total. The Bertz CT molecular complexity index is 885. The van der Waals surface area contributed by atoms with Gasteiger partial charge in [0.2, 0.25) is 0 Å². The first-order valence-electron chi connectivity index (χ1n) is 8.69. The summed E-state index contributed by atoms with van der Waals surface area (Å²) in [5.41, 5.74) is 2.73. The van der Waals surface area contributed by atoms with Crippen molar-refractivity contribution in [3.63, 3.8) is 0 Å². The highest BCUT2D eigenvalue weighted by Gasteiger charge is 2.27. The minimum Gasteiger partial charge on any atom is -0.282 e. The van der Waals surface area contributed by atoms with E-state index in [4.69, 9.17) is 13.6 Å². The third-order valence-electron chi connectivity index (χ3n) is 3.84. The first-order valence-corrected chi connectivity index (χ1v) is 13.4. The fourth-order valence-corrected chi connectivity index (χ4v) is 5.42. The molecule has 0 bridgehead atoms. The van der Waals surface area contributed by atoms with Gasteiger partial charge in [0.1, 0.15) is 0 Å². The zero-order valence-corrected chi connectivity index (χ0v) is 22.6. The van der Waals surface area contributed by atoms with Crippen LogP contribution in [0.3, 0.4) is 0 Å². The van der Waals surface area contributed by atoms with Gasteiger partial charge in [0.25, 0.3) is 0 Å². The van der Waals surface area contributed by atoms with Gasteiger partial charge in [-0.1, -0.05) is 36.4 Å². The van der Waals surface area contributed by atoms with Gasteiger partial charge in [-0.05, 0) is 121 Å². The summed E-state index contributed by atoms with van der Waals surface area (Å²) in [6.45, 7) is 0.437. The lowest BCUT2D eigenvalue weighted by Gasteiger charge is -2.18. The minimum absolute atomic E-state index is 0.146. The zero-order chi connectivity index (χ0) is 20.7. The number of phosphoric acid groups is 1. The van der Waals surface area contributed by atoms with Crippen LogP contribution in [-0.2, 0) is 38.0 Å². The lowest BCUT2D eigenvalue weighted by Crippen LogP contribution is -2.02. The van der Waals surface area contributed by atoms with Crippen molar-refractivity contribution in [3.8, 4) is 0 Å². The third kappa shape index (κ3) is 8.19. The van der Waals surface area contributed by atoms with Gasteiger partial charge in [-0.25, -0.2) is 4.57 Å². The van der Waals surface area contributed by atoms with Gasteiger partial charge < -0.3 is 0 Å². The average molecular weight is 746 g/mol.